The van der Waals surface area contributed by atoms with Gasteiger partial charge in [0.2, 0.25) is 0 Å². The molecule has 2 N–H and O–H groups in total. The zero-order valence-electron chi connectivity index (χ0n) is 12.0. The fourth-order valence-electron chi connectivity index (χ4n) is 3.05. The molecule has 0 aromatic carbocycles. The van der Waals surface area contributed by atoms with Gasteiger partial charge in [-0.2, -0.15) is 0 Å². The highest BCUT2D eigenvalue weighted by Gasteiger charge is 2.19. The molecule has 2 rings (SSSR count). The van der Waals surface area contributed by atoms with Crippen LogP contribution in [0, 0.1) is 13.8 Å². The van der Waals surface area contributed by atoms with Crippen molar-refractivity contribution in [2.75, 3.05) is 6.54 Å². The molecule has 18 heavy (non-hydrogen) atoms. The molecule has 3 heteroatoms. The smallest absolute Gasteiger partial charge is 0.0305 e. The van der Waals surface area contributed by atoms with E-state index in [1.807, 2.05) is 11.3 Å². The van der Waals surface area contributed by atoms with Crippen LogP contribution in [0.5, 0.6) is 0 Å². The Balaban J connectivity index is 1.86. The Bertz CT molecular complexity index is 380. The van der Waals surface area contributed by atoms with Crippen molar-refractivity contribution in [1.29, 1.82) is 0 Å². The average molecular weight is 266 g/mol. The maximum Gasteiger partial charge on any atom is 0.0305 e. The predicted molar refractivity (Wildman–Crippen MR) is 80.4 cm³/mol. The number of nitrogens with one attached hydrogen (secondary N) is 2. The van der Waals surface area contributed by atoms with Crippen molar-refractivity contribution < 1.29 is 0 Å². The van der Waals surface area contributed by atoms with Crippen molar-refractivity contribution in [1.82, 2.24) is 10.6 Å². The number of hydrogen-bond acceptors (Lipinski definition) is 3. The van der Waals surface area contributed by atoms with Gasteiger partial charge < -0.3 is 10.6 Å². The molecule has 0 saturated carbocycles. The lowest BCUT2D eigenvalue weighted by molar-refractivity contribution is 0.407. The average Bonchev–Trinajstić information content (AvgIpc) is 2.88. The van der Waals surface area contributed by atoms with E-state index in [-0.39, 0.29) is 0 Å². The van der Waals surface area contributed by atoms with E-state index in [9.17, 15) is 0 Å². The summed E-state index contributed by atoms with van der Waals surface area (Å²) in [7, 11) is 0. The normalized spacial score (nSPS) is 23.2. The van der Waals surface area contributed by atoms with Gasteiger partial charge in [0.1, 0.15) is 0 Å². The molecule has 0 amide bonds. The van der Waals surface area contributed by atoms with Gasteiger partial charge in [0.15, 0.2) is 0 Å². The molecule has 1 saturated heterocycles. The molecule has 0 aliphatic carbocycles. The second-order valence-corrected chi connectivity index (χ2v) is 7.15. The van der Waals surface area contributed by atoms with Gasteiger partial charge in [-0.1, -0.05) is 0 Å². The van der Waals surface area contributed by atoms with Gasteiger partial charge in [-0.05, 0) is 65.1 Å². The van der Waals surface area contributed by atoms with Crippen molar-refractivity contribution in [2.45, 2.75) is 65.1 Å². The third-order valence-electron chi connectivity index (χ3n) is 3.88. The Hall–Kier alpha value is -0.380. The summed E-state index contributed by atoms with van der Waals surface area (Å²) in [5, 5.41) is 7.32. The molecule has 1 aliphatic rings. The van der Waals surface area contributed by atoms with Gasteiger partial charge in [-0.25, -0.2) is 0 Å². The molecular weight excluding hydrogens is 240 g/mol. The minimum Gasteiger partial charge on any atom is -0.314 e. The summed E-state index contributed by atoms with van der Waals surface area (Å²) in [5.74, 6) is 0. The van der Waals surface area contributed by atoms with E-state index in [2.05, 4.69) is 44.4 Å². The first kappa shape index (κ1) is 14.0. The van der Waals surface area contributed by atoms with Crippen molar-refractivity contribution in [3.8, 4) is 0 Å². The van der Waals surface area contributed by atoms with Gasteiger partial charge in [0.05, 0.1) is 0 Å². The van der Waals surface area contributed by atoms with Crippen molar-refractivity contribution in [3.63, 3.8) is 0 Å². The van der Waals surface area contributed by atoms with Crippen molar-refractivity contribution in [3.05, 3.63) is 21.4 Å². The molecule has 0 radical (unpaired) electrons. The van der Waals surface area contributed by atoms with Crippen LogP contribution in [0.1, 0.15) is 54.5 Å². The Morgan fingerprint density at radius 3 is 2.78 bits per heavy atom. The molecule has 3 atom stereocenters. The van der Waals surface area contributed by atoms with Crippen LogP contribution in [0.2, 0.25) is 0 Å². The molecule has 1 aromatic heterocycles. The van der Waals surface area contributed by atoms with Crippen molar-refractivity contribution in [2.24, 2.45) is 0 Å². The third-order valence-corrected chi connectivity index (χ3v) is 4.86. The summed E-state index contributed by atoms with van der Waals surface area (Å²) in [4.78, 5) is 2.87. The number of aryl methyl sites for hydroxylation is 2. The monoisotopic (exact) mass is 266 g/mol. The zero-order chi connectivity index (χ0) is 13.1. The largest absolute Gasteiger partial charge is 0.314 e. The van der Waals surface area contributed by atoms with Crippen LogP contribution < -0.4 is 10.6 Å². The second kappa shape index (κ2) is 6.18. The van der Waals surface area contributed by atoms with Gasteiger partial charge in [-0.15, -0.1) is 11.3 Å². The summed E-state index contributed by atoms with van der Waals surface area (Å²) < 4.78 is 0. The lowest BCUT2D eigenvalue weighted by Crippen LogP contribution is -2.35. The zero-order valence-corrected chi connectivity index (χ0v) is 12.9. The summed E-state index contributed by atoms with van der Waals surface area (Å²) in [6.45, 7) is 10.2. The lowest BCUT2D eigenvalue weighted by Gasteiger charge is -2.23. The van der Waals surface area contributed by atoms with E-state index >= 15 is 0 Å². The van der Waals surface area contributed by atoms with E-state index in [4.69, 9.17) is 0 Å². The fourth-order valence-corrected chi connectivity index (χ4v) is 4.07. The van der Waals surface area contributed by atoms with Crippen LogP contribution in [0.4, 0.5) is 0 Å². The van der Waals surface area contributed by atoms with Gasteiger partial charge in [0.25, 0.3) is 0 Å². The lowest BCUT2D eigenvalue weighted by atomic mass is 10.0. The summed E-state index contributed by atoms with van der Waals surface area (Å²) in [6, 6.07) is 4.10. The second-order valence-electron chi connectivity index (χ2n) is 5.69. The Labute approximate surface area is 115 Å². The minimum atomic E-state index is 0.464. The van der Waals surface area contributed by atoms with Crippen LogP contribution in [0.15, 0.2) is 6.07 Å². The van der Waals surface area contributed by atoms with Crippen LogP contribution in [0.25, 0.3) is 0 Å². The summed E-state index contributed by atoms with van der Waals surface area (Å²) in [6.07, 6.45) is 3.93. The van der Waals surface area contributed by atoms with Gasteiger partial charge >= 0.3 is 0 Å². The van der Waals surface area contributed by atoms with Gasteiger partial charge in [-0.3, -0.25) is 0 Å². The first-order valence-corrected chi connectivity index (χ1v) is 7.94. The quantitative estimate of drug-likeness (QED) is 0.851. The molecule has 1 fully saturated rings. The topological polar surface area (TPSA) is 24.1 Å². The highest BCUT2D eigenvalue weighted by molar-refractivity contribution is 7.12. The van der Waals surface area contributed by atoms with E-state index < -0.39 is 0 Å². The first-order chi connectivity index (χ1) is 8.56. The summed E-state index contributed by atoms with van der Waals surface area (Å²) in [5.41, 5.74) is 1.48. The molecular formula is C15H26N2S. The van der Waals surface area contributed by atoms with Gasteiger partial charge in [0, 0.05) is 27.9 Å². The van der Waals surface area contributed by atoms with Crippen molar-refractivity contribution >= 4 is 11.3 Å². The molecule has 1 aliphatic heterocycles. The van der Waals surface area contributed by atoms with E-state index in [0.29, 0.717) is 12.1 Å². The third kappa shape index (κ3) is 3.56. The summed E-state index contributed by atoms with van der Waals surface area (Å²) >= 11 is 1.91. The fraction of sp³-hybridized carbons (Fsp3) is 0.733. The molecule has 3 unspecified atom stereocenters. The Kier molecular flexibility index (Phi) is 4.82. The number of rotatable bonds is 5. The standard InChI is InChI=1S/C15H26N2S/c1-10(8-14-6-5-7-16-14)17-12(3)15-9-11(2)18-13(15)4/h9-10,12,14,16-17H,5-8H2,1-4H3. The molecule has 2 heterocycles. The maximum atomic E-state index is 3.74. The SMILES string of the molecule is Cc1cc(C(C)NC(C)CC2CCCN2)c(C)s1. The molecule has 0 bridgehead atoms. The highest BCUT2D eigenvalue weighted by Crippen LogP contribution is 2.26. The van der Waals surface area contributed by atoms with Crippen LogP contribution in [0.3, 0.4) is 0 Å². The number of thiophene rings is 1. The molecule has 0 spiro atoms. The molecule has 2 nitrogen and oxygen atoms in total. The van der Waals surface area contributed by atoms with E-state index in [0.717, 1.165) is 6.04 Å². The predicted octanol–water partition coefficient (Wildman–Crippen LogP) is 3.55. The van der Waals surface area contributed by atoms with Crippen LogP contribution in [-0.2, 0) is 0 Å². The van der Waals surface area contributed by atoms with E-state index in [1.54, 1.807) is 0 Å². The molecule has 102 valence electrons. The van der Waals surface area contributed by atoms with Crippen LogP contribution >= 0.6 is 11.3 Å². The molecule has 1 aromatic rings. The first-order valence-electron chi connectivity index (χ1n) is 7.12. The Morgan fingerprint density at radius 2 is 2.22 bits per heavy atom. The van der Waals surface area contributed by atoms with Crippen LogP contribution in [-0.4, -0.2) is 18.6 Å². The Morgan fingerprint density at radius 1 is 1.44 bits per heavy atom. The highest BCUT2D eigenvalue weighted by atomic mass is 32.1. The van der Waals surface area contributed by atoms with E-state index in [1.165, 1.54) is 41.1 Å². The maximum absolute atomic E-state index is 3.74. The number of hydrogen-bond donors (Lipinski definition) is 2. The minimum absolute atomic E-state index is 0.464.